The molecule has 1 saturated heterocycles. The third-order valence-electron chi connectivity index (χ3n) is 4.05. The highest BCUT2D eigenvalue weighted by atomic mass is 32.2. The molecule has 0 aliphatic carbocycles. The number of hydrogen-bond acceptors (Lipinski definition) is 5. The largest absolute Gasteiger partial charge is 0.395 e. The van der Waals surface area contributed by atoms with Crippen LogP contribution in [0.15, 0.2) is 59.5 Å². The van der Waals surface area contributed by atoms with Gasteiger partial charge in [0.15, 0.2) is 0 Å². The maximum Gasteiger partial charge on any atom is 0.266 e. The number of thiocarbonyl (C=S) groups is 1. The molecule has 28 heavy (non-hydrogen) atoms. The SMILES string of the molecule is O=C1/C(=C/c2ccccc2F)SC(=S)N1CC(=O)N(CCO)c1ccccc1. The van der Waals surface area contributed by atoms with Crippen LogP contribution >= 0.6 is 24.0 Å². The number of rotatable bonds is 6. The molecule has 1 aliphatic heterocycles. The van der Waals surface area contributed by atoms with Crippen LogP contribution in [0.25, 0.3) is 6.08 Å². The molecular weight excluding hydrogens is 399 g/mol. The van der Waals surface area contributed by atoms with Crippen molar-refractivity contribution in [2.24, 2.45) is 0 Å². The van der Waals surface area contributed by atoms with E-state index in [2.05, 4.69) is 0 Å². The van der Waals surface area contributed by atoms with Gasteiger partial charge in [-0.1, -0.05) is 60.4 Å². The predicted octanol–water partition coefficient (Wildman–Crippen LogP) is 3.05. The van der Waals surface area contributed by atoms with Gasteiger partial charge in [-0.15, -0.1) is 0 Å². The number of amides is 2. The molecule has 2 aromatic carbocycles. The molecule has 0 saturated carbocycles. The fourth-order valence-electron chi connectivity index (χ4n) is 2.70. The topological polar surface area (TPSA) is 60.9 Å². The standard InChI is InChI=1S/C20H17FN2O3S2/c21-16-9-5-4-6-14(16)12-17-19(26)23(20(27)28-17)13-18(25)22(10-11-24)15-7-2-1-3-8-15/h1-9,12,24H,10-11,13H2/b17-12-. The number of hydrogen-bond donors (Lipinski definition) is 1. The van der Waals surface area contributed by atoms with Crippen molar-refractivity contribution in [2.75, 3.05) is 24.6 Å². The summed E-state index contributed by atoms with van der Waals surface area (Å²) in [5.41, 5.74) is 0.898. The molecule has 0 atom stereocenters. The van der Waals surface area contributed by atoms with Gasteiger partial charge in [0.2, 0.25) is 5.91 Å². The van der Waals surface area contributed by atoms with E-state index in [1.165, 1.54) is 21.9 Å². The zero-order chi connectivity index (χ0) is 20.1. The molecule has 2 aromatic rings. The first-order valence-electron chi connectivity index (χ1n) is 8.47. The summed E-state index contributed by atoms with van der Waals surface area (Å²) in [5, 5.41) is 9.29. The van der Waals surface area contributed by atoms with Crippen LogP contribution in [-0.4, -0.2) is 45.8 Å². The molecule has 1 fully saturated rings. The van der Waals surface area contributed by atoms with Crippen LogP contribution in [0.5, 0.6) is 0 Å². The number of thioether (sulfide) groups is 1. The van der Waals surface area contributed by atoms with Gasteiger partial charge in [0.05, 0.1) is 11.5 Å². The molecule has 1 N–H and O–H groups in total. The molecule has 0 bridgehead atoms. The van der Waals surface area contributed by atoms with Crippen LogP contribution in [0.2, 0.25) is 0 Å². The first kappa shape index (κ1) is 20.2. The Morgan fingerprint density at radius 3 is 2.54 bits per heavy atom. The fraction of sp³-hybridized carbons (Fsp3) is 0.150. The average molecular weight is 416 g/mol. The molecule has 8 heteroatoms. The molecule has 0 spiro atoms. The number of carbonyl (C=O) groups is 2. The second-order valence-electron chi connectivity index (χ2n) is 5.89. The Balaban J connectivity index is 1.78. The Kier molecular flexibility index (Phi) is 6.56. The lowest BCUT2D eigenvalue weighted by atomic mass is 10.2. The minimum absolute atomic E-state index is 0.0999. The maximum absolute atomic E-state index is 13.9. The quantitative estimate of drug-likeness (QED) is 0.579. The Bertz CT molecular complexity index is 934. The van der Waals surface area contributed by atoms with Crippen LogP contribution in [-0.2, 0) is 9.59 Å². The van der Waals surface area contributed by atoms with Crippen molar-refractivity contribution in [3.8, 4) is 0 Å². The van der Waals surface area contributed by atoms with E-state index in [-0.39, 0.29) is 40.4 Å². The number of nitrogens with zero attached hydrogens (tertiary/aromatic N) is 2. The van der Waals surface area contributed by atoms with Crippen molar-refractivity contribution >= 4 is 51.9 Å². The van der Waals surface area contributed by atoms with Gasteiger partial charge >= 0.3 is 0 Å². The molecule has 0 radical (unpaired) electrons. The Morgan fingerprint density at radius 1 is 1.18 bits per heavy atom. The molecule has 5 nitrogen and oxygen atoms in total. The minimum atomic E-state index is -0.443. The molecule has 0 unspecified atom stereocenters. The molecule has 144 valence electrons. The monoisotopic (exact) mass is 416 g/mol. The smallest absolute Gasteiger partial charge is 0.266 e. The summed E-state index contributed by atoms with van der Waals surface area (Å²) in [7, 11) is 0. The molecule has 3 rings (SSSR count). The first-order chi connectivity index (χ1) is 13.5. The lowest BCUT2D eigenvalue weighted by molar-refractivity contribution is -0.127. The van der Waals surface area contributed by atoms with E-state index in [4.69, 9.17) is 12.2 Å². The zero-order valence-corrected chi connectivity index (χ0v) is 16.4. The molecule has 0 aromatic heterocycles. The number of benzene rings is 2. The summed E-state index contributed by atoms with van der Waals surface area (Å²) < 4.78 is 14.1. The van der Waals surface area contributed by atoms with Crippen LogP contribution in [0.4, 0.5) is 10.1 Å². The van der Waals surface area contributed by atoms with Crippen LogP contribution in [0.3, 0.4) is 0 Å². The van der Waals surface area contributed by atoms with Crippen molar-refractivity contribution < 1.29 is 19.1 Å². The Morgan fingerprint density at radius 2 is 1.86 bits per heavy atom. The number of halogens is 1. The van der Waals surface area contributed by atoms with Crippen molar-refractivity contribution in [3.63, 3.8) is 0 Å². The lowest BCUT2D eigenvalue weighted by Gasteiger charge is -2.24. The predicted molar refractivity (Wildman–Crippen MR) is 112 cm³/mol. The number of carbonyl (C=O) groups excluding carboxylic acids is 2. The molecule has 1 heterocycles. The fourth-order valence-corrected chi connectivity index (χ4v) is 3.94. The highest BCUT2D eigenvalue weighted by Gasteiger charge is 2.34. The number of aliphatic hydroxyl groups excluding tert-OH is 1. The van der Waals surface area contributed by atoms with Crippen LogP contribution in [0.1, 0.15) is 5.56 Å². The number of para-hydroxylation sites is 1. The molecule has 1 aliphatic rings. The van der Waals surface area contributed by atoms with E-state index in [0.29, 0.717) is 5.69 Å². The molecule has 2 amide bonds. The van der Waals surface area contributed by atoms with Gasteiger partial charge in [-0.3, -0.25) is 14.5 Å². The normalized spacial score (nSPS) is 15.4. The van der Waals surface area contributed by atoms with Gasteiger partial charge < -0.3 is 10.0 Å². The maximum atomic E-state index is 13.9. The van der Waals surface area contributed by atoms with Crippen molar-refractivity contribution in [1.82, 2.24) is 4.90 Å². The van der Waals surface area contributed by atoms with Crippen molar-refractivity contribution in [2.45, 2.75) is 0 Å². The van der Waals surface area contributed by atoms with Gasteiger partial charge in [-0.25, -0.2) is 4.39 Å². The van der Waals surface area contributed by atoms with Crippen LogP contribution in [0, 0.1) is 5.82 Å². The second-order valence-corrected chi connectivity index (χ2v) is 7.57. The summed E-state index contributed by atoms with van der Waals surface area (Å²) in [6, 6.07) is 15.0. The second kappa shape index (κ2) is 9.09. The molecular formula is C20H17FN2O3S2. The summed E-state index contributed by atoms with van der Waals surface area (Å²) in [6.45, 7) is -0.372. The summed E-state index contributed by atoms with van der Waals surface area (Å²) >= 11 is 6.27. The van der Waals surface area contributed by atoms with Crippen LogP contribution < -0.4 is 4.90 Å². The van der Waals surface area contributed by atoms with E-state index in [0.717, 1.165) is 11.8 Å². The summed E-state index contributed by atoms with van der Waals surface area (Å²) in [4.78, 5) is 28.3. The zero-order valence-electron chi connectivity index (χ0n) is 14.7. The highest BCUT2D eigenvalue weighted by Crippen LogP contribution is 2.33. The van der Waals surface area contributed by atoms with Gasteiger partial charge in [-0.05, 0) is 24.3 Å². The average Bonchev–Trinajstić information content (AvgIpc) is 2.96. The summed E-state index contributed by atoms with van der Waals surface area (Å²) in [5.74, 6) is -1.26. The minimum Gasteiger partial charge on any atom is -0.395 e. The highest BCUT2D eigenvalue weighted by molar-refractivity contribution is 8.26. The van der Waals surface area contributed by atoms with E-state index < -0.39 is 11.7 Å². The third-order valence-corrected chi connectivity index (χ3v) is 5.43. The number of aliphatic hydroxyl groups is 1. The van der Waals surface area contributed by atoms with E-state index >= 15 is 0 Å². The van der Waals surface area contributed by atoms with Gasteiger partial charge in [-0.2, -0.15) is 0 Å². The van der Waals surface area contributed by atoms with Gasteiger partial charge in [0.25, 0.3) is 5.91 Å². The number of anilines is 1. The Labute approximate surface area is 171 Å². The van der Waals surface area contributed by atoms with E-state index in [1.54, 1.807) is 42.5 Å². The third kappa shape index (κ3) is 4.46. The van der Waals surface area contributed by atoms with E-state index in [9.17, 15) is 19.1 Å². The lowest BCUT2D eigenvalue weighted by Crippen LogP contribution is -2.43. The van der Waals surface area contributed by atoms with Crippen molar-refractivity contribution in [1.29, 1.82) is 0 Å². The van der Waals surface area contributed by atoms with Crippen molar-refractivity contribution in [3.05, 3.63) is 70.9 Å². The van der Waals surface area contributed by atoms with E-state index in [1.807, 2.05) is 6.07 Å². The van der Waals surface area contributed by atoms with Gasteiger partial charge in [0.1, 0.15) is 16.7 Å². The Hall–Kier alpha value is -2.55. The summed E-state index contributed by atoms with van der Waals surface area (Å²) in [6.07, 6.45) is 1.43. The first-order valence-corrected chi connectivity index (χ1v) is 9.70. The van der Waals surface area contributed by atoms with Gasteiger partial charge in [0, 0.05) is 17.8 Å².